The lowest BCUT2D eigenvalue weighted by atomic mass is 9.67. The van der Waals surface area contributed by atoms with E-state index in [1.54, 1.807) is 11.3 Å². The van der Waals surface area contributed by atoms with Crippen molar-refractivity contribution in [2.45, 2.75) is 58.0 Å². The van der Waals surface area contributed by atoms with Crippen LogP contribution in [-0.4, -0.2) is 24.2 Å². The van der Waals surface area contributed by atoms with Gasteiger partial charge in [-0.2, -0.15) is 0 Å². The third-order valence-electron chi connectivity index (χ3n) is 4.88. The summed E-state index contributed by atoms with van der Waals surface area (Å²) < 4.78 is 5.80. The van der Waals surface area contributed by atoms with E-state index in [0.717, 1.165) is 26.2 Å². The van der Waals surface area contributed by atoms with Crippen molar-refractivity contribution in [3.63, 3.8) is 0 Å². The highest BCUT2D eigenvalue weighted by Gasteiger charge is 2.41. The summed E-state index contributed by atoms with van der Waals surface area (Å²) in [5, 5.41) is 3.82. The molecule has 1 saturated carbocycles. The van der Waals surface area contributed by atoms with Gasteiger partial charge in [-0.3, -0.25) is 0 Å². The topological polar surface area (TPSA) is 34.2 Å². The minimum absolute atomic E-state index is 0.412. The van der Waals surface area contributed by atoms with Crippen molar-refractivity contribution in [2.75, 3.05) is 13.2 Å². The standard InChI is InChI=1S/C15H24N2OS/c1-12-13(19-11-17-12)9-16-14-5-8-18-10-15(14)6-3-2-4-7-15/h11,14,16H,2-10H2,1H3. The number of aromatic nitrogens is 1. The molecule has 1 N–H and O–H groups in total. The Morgan fingerprint density at radius 1 is 1.42 bits per heavy atom. The molecule has 1 unspecified atom stereocenters. The summed E-state index contributed by atoms with van der Waals surface area (Å²) in [7, 11) is 0. The molecule has 1 aromatic rings. The van der Waals surface area contributed by atoms with Gasteiger partial charge in [0, 0.05) is 29.5 Å². The van der Waals surface area contributed by atoms with Crippen LogP contribution in [0, 0.1) is 12.3 Å². The second-order valence-corrected chi connectivity index (χ2v) is 7.00. The zero-order chi connectivity index (χ0) is 13.1. The Morgan fingerprint density at radius 2 is 2.26 bits per heavy atom. The van der Waals surface area contributed by atoms with Crippen LogP contribution in [0.3, 0.4) is 0 Å². The maximum absolute atomic E-state index is 5.80. The number of thiazole rings is 1. The predicted octanol–water partition coefficient (Wildman–Crippen LogP) is 3.28. The van der Waals surface area contributed by atoms with Crippen LogP contribution < -0.4 is 5.32 Å². The van der Waals surface area contributed by atoms with Crippen LogP contribution in [-0.2, 0) is 11.3 Å². The van der Waals surface area contributed by atoms with E-state index in [-0.39, 0.29) is 0 Å². The highest BCUT2D eigenvalue weighted by Crippen LogP contribution is 2.42. The molecule has 1 atom stereocenters. The summed E-state index contributed by atoms with van der Waals surface area (Å²) in [4.78, 5) is 5.72. The Bertz CT molecular complexity index is 404. The number of hydrogen-bond acceptors (Lipinski definition) is 4. The lowest BCUT2D eigenvalue weighted by Gasteiger charge is -2.46. The van der Waals surface area contributed by atoms with Crippen molar-refractivity contribution >= 4 is 11.3 Å². The fourth-order valence-corrected chi connectivity index (χ4v) is 4.39. The van der Waals surface area contributed by atoms with E-state index in [9.17, 15) is 0 Å². The molecule has 0 bridgehead atoms. The van der Waals surface area contributed by atoms with Crippen LogP contribution >= 0.6 is 11.3 Å². The number of hydrogen-bond donors (Lipinski definition) is 1. The van der Waals surface area contributed by atoms with E-state index in [1.807, 2.05) is 5.51 Å². The fourth-order valence-electron chi connectivity index (χ4n) is 3.66. The van der Waals surface area contributed by atoms with Crippen molar-refractivity contribution < 1.29 is 4.74 Å². The SMILES string of the molecule is Cc1ncsc1CNC1CCOCC12CCCCC2. The largest absolute Gasteiger partial charge is 0.381 e. The molecule has 1 spiro atoms. The number of nitrogens with zero attached hydrogens (tertiary/aromatic N) is 1. The Labute approximate surface area is 119 Å². The molecule has 0 amide bonds. The van der Waals surface area contributed by atoms with E-state index < -0.39 is 0 Å². The minimum Gasteiger partial charge on any atom is -0.381 e. The Hall–Kier alpha value is -0.450. The van der Waals surface area contributed by atoms with Crippen LogP contribution in [0.5, 0.6) is 0 Å². The van der Waals surface area contributed by atoms with E-state index in [2.05, 4.69) is 17.2 Å². The zero-order valence-electron chi connectivity index (χ0n) is 11.8. The van der Waals surface area contributed by atoms with E-state index >= 15 is 0 Å². The number of ether oxygens (including phenoxy) is 1. The molecule has 1 aliphatic carbocycles. The van der Waals surface area contributed by atoms with Gasteiger partial charge in [-0.05, 0) is 26.2 Å². The van der Waals surface area contributed by atoms with Gasteiger partial charge >= 0.3 is 0 Å². The summed E-state index contributed by atoms with van der Waals surface area (Å²) in [6.07, 6.45) is 8.00. The van der Waals surface area contributed by atoms with Crippen LogP contribution in [0.4, 0.5) is 0 Å². The fraction of sp³-hybridized carbons (Fsp3) is 0.800. The lowest BCUT2D eigenvalue weighted by Crippen LogP contribution is -2.52. The molecule has 3 rings (SSSR count). The van der Waals surface area contributed by atoms with Gasteiger partial charge < -0.3 is 10.1 Å². The molecule has 0 radical (unpaired) electrons. The van der Waals surface area contributed by atoms with E-state index in [4.69, 9.17) is 4.74 Å². The molecule has 2 aliphatic rings. The smallest absolute Gasteiger partial charge is 0.0798 e. The van der Waals surface area contributed by atoms with Gasteiger partial charge in [0.1, 0.15) is 0 Å². The second-order valence-electron chi connectivity index (χ2n) is 6.06. The zero-order valence-corrected chi connectivity index (χ0v) is 12.6. The van der Waals surface area contributed by atoms with Gasteiger partial charge in [0.15, 0.2) is 0 Å². The second kappa shape index (κ2) is 5.90. The molecule has 0 aromatic carbocycles. The summed E-state index contributed by atoms with van der Waals surface area (Å²) in [6, 6.07) is 0.628. The lowest BCUT2D eigenvalue weighted by molar-refractivity contribution is -0.0536. The normalized spacial score (nSPS) is 26.7. The molecule has 1 aromatic heterocycles. The van der Waals surface area contributed by atoms with Gasteiger partial charge in [-0.1, -0.05) is 19.3 Å². The summed E-state index contributed by atoms with van der Waals surface area (Å²) in [5.41, 5.74) is 3.55. The average Bonchev–Trinajstić information content (AvgIpc) is 2.84. The van der Waals surface area contributed by atoms with Crippen molar-refractivity contribution in [1.82, 2.24) is 10.3 Å². The highest BCUT2D eigenvalue weighted by molar-refractivity contribution is 7.09. The van der Waals surface area contributed by atoms with Crippen LogP contribution in [0.15, 0.2) is 5.51 Å². The Kier molecular flexibility index (Phi) is 4.20. The van der Waals surface area contributed by atoms with Gasteiger partial charge in [-0.15, -0.1) is 11.3 Å². The third kappa shape index (κ3) is 2.86. The van der Waals surface area contributed by atoms with Gasteiger partial charge in [0.05, 0.1) is 17.8 Å². The number of nitrogens with one attached hydrogen (secondary N) is 1. The van der Waals surface area contributed by atoms with Crippen molar-refractivity contribution in [2.24, 2.45) is 5.41 Å². The number of rotatable bonds is 3. The summed E-state index contributed by atoms with van der Waals surface area (Å²) in [6.45, 7) is 4.96. The van der Waals surface area contributed by atoms with Crippen molar-refractivity contribution in [3.05, 3.63) is 16.1 Å². The first-order valence-electron chi connectivity index (χ1n) is 7.50. The summed E-state index contributed by atoms with van der Waals surface area (Å²) in [5.74, 6) is 0. The van der Waals surface area contributed by atoms with Crippen LogP contribution in [0.1, 0.15) is 49.1 Å². The van der Waals surface area contributed by atoms with Crippen molar-refractivity contribution in [3.8, 4) is 0 Å². The average molecular weight is 280 g/mol. The molecule has 3 nitrogen and oxygen atoms in total. The van der Waals surface area contributed by atoms with Crippen molar-refractivity contribution in [1.29, 1.82) is 0 Å². The van der Waals surface area contributed by atoms with Gasteiger partial charge in [-0.25, -0.2) is 4.98 Å². The summed E-state index contributed by atoms with van der Waals surface area (Å²) >= 11 is 1.77. The Morgan fingerprint density at radius 3 is 3.00 bits per heavy atom. The van der Waals surface area contributed by atoms with Crippen LogP contribution in [0.2, 0.25) is 0 Å². The molecule has 1 saturated heterocycles. The quantitative estimate of drug-likeness (QED) is 0.922. The molecule has 1 aliphatic heterocycles. The molecule has 4 heteroatoms. The molecule has 2 heterocycles. The van der Waals surface area contributed by atoms with Crippen LogP contribution in [0.25, 0.3) is 0 Å². The minimum atomic E-state index is 0.412. The molecular formula is C15H24N2OS. The molecule has 19 heavy (non-hydrogen) atoms. The highest BCUT2D eigenvalue weighted by atomic mass is 32.1. The maximum atomic E-state index is 5.80. The predicted molar refractivity (Wildman–Crippen MR) is 78.4 cm³/mol. The van der Waals surface area contributed by atoms with Gasteiger partial charge in [0.2, 0.25) is 0 Å². The van der Waals surface area contributed by atoms with E-state index in [0.29, 0.717) is 11.5 Å². The van der Waals surface area contributed by atoms with E-state index in [1.165, 1.54) is 42.7 Å². The maximum Gasteiger partial charge on any atom is 0.0798 e. The number of aryl methyl sites for hydroxylation is 1. The molecular weight excluding hydrogens is 256 g/mol. The first kappa shape index (κ1) is 13.5. The first-order valence-corrected chi connectivity index (χ1v) is 8.38. The molecule has 2 fully saturated rings. The Balaban J connectivity index is 1.65. The third-order valence-corrected chi connectivity index (χ3v) is 5.82. The molecule has 106 valence electrons. The first-order chi connectivity index (χ1) is 9.30. The van der Waals surface area contributed by atoms with Gasteiger partial charge in [0.25, 0.3) is 0 Å². The monoisotopic (exact) mass is 280 g/mol.